The molecular weight excluding hydrogens is 182 g/mol. The molecular formula is C9H13N3S. The Hall–Kier alpha value is -0.900. The molecule has 0 amide bonds. The lowest BCUT2D eigenvalue weighted by atomic mass is 10.3. The number of aromatic nitrogens is 1. The van der Waals surface area contributed by atoms with Crippen molar-refractivity contribution in [3.8, 4) is 0 Å². The first-order chi connectivity index (χ1) is 6.34. The van der Waals surface area contributed by atoms with Crippen LogP contribution < -0.4 is 5.32 Å². The van der Waals surface area contributed by atoms with Crippen molar-refractivity contribution in [1.29, 1.82) is 0 Å². The van der Waals surface area contributed by atoms with Crippen LogP contribution in [0.4, 0.5) is 0 Å². The van der Waals surface area contributed by atoms with E-state index in [9.17, 15) is 0 Å². The largest absolute Gasteiger partial charge is 0.369 e. The van der Waals surface area contributed by atoms with E-state index >= 15 is 0 Å². The zero-order valence-corrected chi connectivity index (χ0v) is 8.52. The van der Waals surface area contributed by atoms with Crippen molar-refractivity contribution >= 4 is 17.2 Å². The Morgan fingerprint density at radius 3 is 3.15 bits per heavy atom. The van der Waals surface area contributed by atoms with Crippen molar-refractivity contribution in [2.24, 2.45) is 4.99 Å². The van der Waals surface area contributed by atoms with Crippen molar-refractivity contribution in [2.45, 2.75) is 26.3 Å². The van der Waals surface area contributed by atoms with Gasteiger partial charge in [-0.2, -0.15) is 0 Å². The maximum atomic E-state index is 4.35. The van der Waals surface area contributed by atoms with Gasteiger partial charge in [-0.3, -0.25) is 4.99 Å². The summed E-state index contributed by atoms with van der Waals surface area (Å²) < 4.78 is 0. The first kappa shape index (κ1) is 8.69. The Balaban J connectivity index is 1.85. The summed E-state index contributed by atoms with van der Waals surface area (Å²) in [4.78, 5) is 9.83. The number of amidine groups is 1. The molecule has 3 nitrogen and oxygen atoms in total. The minimum Gasteiger partial charge on any atom is -0.369 e. The van der Waals surface area contributed by atoms with Gasteiger partial charge in [0.15, 0.2) is 0 Å². The van der Waals surface area contributed by atoms with Crippen molar-refractivity contribution < 1.29 is 0 Å². The molecule has 4 heteroatoms. The van der Waals surface area contributed by atoms with Gasteiger partial charge in [0.1, 0.15) is 0 Å². The number of aliphatic imine (C=N–C) groups is 1. The number of nitrogens with one attached hydrogen (secondary N) is 1. The Labute approximate surface area is 81.9 Å². The Kier molecular flexibility index (Phi) is 2.59. The van der Waals surface area contributed by atoms with E-state index in [0.717, 1.165) is 30.4 Å². The van der Waals surface area contributed by atoms with Gasteiger partial charge in [0.2, 0.25) is 0 Å². The van der Waals surface area contributed by atoms with Gasteiger partial charge < -0.3 is 5.32 Å². The molecule has 2 rings (SSSR count). The van der Waals surface area contributed by atoms with E-state index in [1.807, 2.05) is 13.1 Å². The third-order valence-electron chi connectivity index (χ3n) is 2.01. The molecule has 13 heavy (non-hydrogen) atoms. The average Bonchev–Trinajstić information content (AvgIpc) is 2.71. The van der Waals surface area contributed by atoms with Gasteiger partial charge in [-0.25, -0.2) is 4.98 Å². The summed E-state index contributed by atoms with van der Waals surface area (Å²) >= 11 is 1.74. The predicted octanol–water partition coefficient (Wildman–Crippen LogP) is 1.73. The van der Waals surface area contributed by atoms with Crippen LogP contribution in [-0.2, 0) is 6.54 Å². The van der Waals surface area contributed by atoms with E-state index in [4.69, 9.17) is 0 Å². The van der Waals surface area contributed by atoms with E-state index in [1.54, 1.807) is 11.3 Å². The second-order valence-corrected chi connectivity index (χ2v) is 4.45. The lowest BCUT2D eigenvalue weighted by Gasteiger charge is -2.01. The monoisotopic (exact) mass is 195 g/mol. The molecule has 0 saturated heterocycles. The summed E-state index contributed by atoms with van der Waals surface area (Å²) in [5.41, 5.74) is 0. The standard InChI is InChI=1S/C9H13N3S/c1-7-11-5-8(13-7)6-12-9-3-2-4-10-9/h5H,2-4,6H2,1H3,(H,10,12). The maximum Gasteiger partial charge on any atom is 0.0966 e. The van der Waals surface area contributed by atoms with E-state index in [0.29, 0.717) is 0 Å². The van der Waals surface area contributed by atoms with E-state index in [2.05, 4.69) is 15.3 Å². The third-order valence-corrected chi connectivity index (χ3v) is 2.92. The smallest absolute Gasteiger partial charge is 0.0966 e. The molecule has 0 unspecified atom stereocenters. The average molecular weight is 195 g/mol. The SMILES string of the molecule is Cc1ncc(CNC2=NCCC2)s1. The molecule has 70 valence electrons. The number of nitrogens with zero attached hydrogens (tertiary/aromatic N) is 2. The van der Waals surface area contributed by atoms with Gasteiger partial charge in [0.25, 0.3) is 0 Å². The third kappa shape index (κ3) is 2.28. The molecule has 0 bridgehead atoms. The number of hydrogen-bond donors (Lipinski definition) is 1. The Bertz CT molecular complexity index is 316. The van der Waals surface area contributed by atoms with Gasteiger partial charge in [0, 0.05) is 24.0 Å². The molecule has 0 radical (unpaired) electrons. The van der Waals surface area contributed by atoms with Crippen LogP contribution in [0.3, 0.4) is 0 Å². The van der Waals surface area contributed by atoms with Gasteiger partial charge in [-0.1, -0.05) is 0 Å². The summed E-state index contributed by atoms with van der Waals surface area (Å²) in [7, 11) is 0. The molecule has 0 saturated carbocycles. The van der Waals surface area contributed by atoms with Crippen molar-refractivity contribution in [3.63, 3.8) is 0 Å². The van der Waals surface area contributed by atoms with Gasteiger partial charge >= 0.3 is 0 Å². The fourth-order valence-electron chi connectivity index (χ4n) is 1.36. The molecule has 2 heterocycles. The molecule has 1 aromatic rings. The van der Waals surface area contributed by atoms with Crippen LogP contribution >= 0.6 is 11.3 Å². The second kappa shape index (κ2) is 3.87. The van der Waals surface area contributed by atoms with E-state index < -0.39 is 0 Å². The number of hydrogen-bond acceptors (Lipinski definition) is 4. The molecule has 1 aliphatic rings. The van der Waals surface area contributed by atoms with Gasteiger partial charge in [-0.05, 0) is 13.3 Å². The van der Waals surface area contributed by atoms with Crippen LogP contribution in [0.25, 0.3) is 0 Å². The first-order valence-corrected chi connectivity index (χ1v) is 5.35. The quantitative estimate of drug-likeness (QED) is 0.780. The van der Waals surface area contributed by atoms with Crippen molar-refractivity contribution in [1.82, 2.24) is 10.3 Å². The van der Waals surface area contributed by atoms with Crippen LogP contribution in [0, 0.1) is 6.92 Å². The molecule has 0 spiro atoms. The highest BCUT2D eigenvalue weighted by molar-refractivity contribution is 7.11. The van der Waals surface area contributed by atoms with Crippen LogP contribution in [0.2, 0.25) is 0 Å². The van der Waals surface area contributed by atoms with Gasteiger partial charge in [-0.15, -0.1) is 11.3 Å². The number of rotatable bonds is 2. The highest BCUT2D eigenvalue weighted by Gasteiger charge is 2.05. The molecule has 0 atom stereocenters. The zero-order valence-electron chi connectivity index (χ0n) is 7.71. The van der Waals surface area contributed by atoms with Crippen molar-refractivity contribution in [2.75, 3.05) is 6.54 Å². The highest BCUT2D eigenvalue weighted by Crippen LogP contribution is 2.11. The summed E-state index contributed by atoms with van der Waals surface area (Å²) in [5.74, 6) is 1.16. The molecule has 0 aliphatic carbocycles. The van der Waals surface area contributed by atoms with Gasteiger partial charge in [0.05, 0.1) is 17.4 Å². The van der Waals surface area contributed by atoms with Crippen LogP contribution in [0.1, 0.15) is 22.7 Å². The second-order valence-electron chi connectivity index (χ2n) is 3.13. The lowest BCUT2D eigenvalue weighted by Crippen LogP contribution is -2.19. The topological polar surface area (TPSA) is 37.3 Å². The van der Waals surface area contributed by atoms with E-state index in [-0.39, 0.29) is 0 Å². The van der Waals surface area contributed by atoms with Crippen LogP contribution in [0.15, 0.2) is 11.2 Å². The minimum absolute atomic E-state index is 0.879. The molecule has 0 aromatic carbocycles. The normalized spacial score (nSPS) is 15.9. The summed E-state index contributed by atoms with van der Waals surface area (Å²) in [6.07, 6.45) is 4.24. The highest BCUT2D eigenvalue weighted by atomic mass is 32.1. The lowest BCUT2D eigenvalue weighted by molar-refractivity contribution is 0.899. The summed E-state index contributed by atoms with van der Waals surface area (Å²) in [5, 5.41) is 4.46. The molecule has 1 aliphatic heterocycles. The van der Waals surface area contributed by atoms with Crippen LogP contribution in [0.5, 0.6) is 0 Å². The molecule has 1 aromatic heterocycles. The van der Waals surface area contributed by atoms with Crippen LogP contribution in [-0.4, -0.2) is 17.4 Å². The number of aryl methyl sites for hydroxylation is 1. The van der Waals surface area contributed by atoms with Crippen molar-refractivity contribution in [3.05, 3.63) is 16.1 Å². The predicted molar refractivity (Wildman–Crippen MR) is 55.2 cm³/mol. The summed E-state index contributed by atoms with van der Waals surface area (Å²) in [6, 6.07) is 0. The Morgan fingerprint density at radius 1 is 1.62 bits per heavy atom. The zero-order chi connectivity index (χ0) is 9.10. The summed E-state index contributed by atoms with van der Waals surface area (Å²) in [6.45, 7) is 3.90. The first-order valence-electron chi connectivity index (χ1n) is 4.53. The van der Waals surface area contributed by atoms with E-state index in [1.165, 1.54) is 11.3 Å². The molecule has 0 fully saturated rings. The molecule has 1 N–H and O–H groups in total. The maximum absolute atomic E-state index is 4.35. The fraction of sp³-hybridized carbons (Fsp3) is 0.556. The number of thiazole rings is 1. The fourth-order valence-corrected chi connectivity index (χ4v) is 2.09. The Morgan fingerprint density at radius 2 is 2.54 bits per heavy atom. The minimum atomic E-state index is 0.879.